The van der Waals surface area contributed by atoms with Crippen molar-refractivity contribution in [2.24, 2.45) is 5.10 Å². The summed E-state index contributed by atoms with van der Waals surface area (Å²) in [5, 5.41) is 17.4. The van der Waals surface area contributed by atoms with Gasteiger partial charge in [-0.05, 0) is 24.3 Å². The van der Waals surface area contributed by atoms with Crippen molar-refractivity contribution in [2.75, 3.05) is 21.3 Å². The SMILES string of the molecule is COc1cccc2c1OC(c1ccc(OC)c(OC)c1C(=O)O)N1N=C(c3ccccc3Cl)CC21. The van der Waals surface area contributed by atoms with Crippen molar-refractivity contribution in [3.8, 4) is 23.0 Å². The normalized spacial score (nSPS) is 18.2. The molecular weight excluding hydrogens is 472 g/mol. The van der Waals surface area contributed by atoms with Crippen LogP contribution in [-0.4, -0.2) is 43.1 Å². The number of hydrazone groups is 1. The Labute approximate surface area is 207 Å². The molecule has 0 fully saturated rings. The highest BCUT2D eigenvalue weighted by atomic mass is 35.5. The summed E-state index contributed by atoms with van der Waals surface area (Å²) in [7, 11) is 4.43. The van der Waals surface area contributed by atoms with Gasteiger partial charge in [-0.2, -0.15) is 5.10 Å². The van der Waals surface area contributed by atoms with Crippen LogP contribution in [0.5, 0.6) is 23.0 Å². The molecule has 0 bridgehead atoms. The number of carboxylic acids is 1. The highest BCUT2D eigenvalue weighted by Gasteiger charge is 2.44. The molecule has 3 aromatic rings. The summed E-state index contributed by atoms with van der Waals surface area (Å²) in [6.45, 7) is 0. The number of hydrogen-bond donors (Lipinski definition) is 1. The van der Waals surface area contributed by atoms with E-state index in [0.29, 0.717) is 34.3 Å². The number of hydrogen-bond acceptors (Lipinski definition) is 7. The topological polar surface area (TPSA) is 89.8 Å². The zero-order valence-corrected chi connectivity index (χ0v) is 20.1. The first-order valence-corrected chi connectivity index (χ1v) is 11.3. The molecule has 0 aromatic heterocycles. The van der Waals surface area contributed by atoms with Crippen molar-refractivity contribution in [3.05, 3.63) is 81.9 Å². The standard InChI is InChI=1S/C26H23ClN2O6/c1-32-20-10-6-8-15-19-13-18(14-7-4-5-9-17(14)27)28-29(19)25(35-23(15)20)16-11-12-21(33-2)24(34-3)22(16)26(30)31/h4-12,19,25H,13H2,1-3H3,(H,30,31). The maximum absolute atomic E-state index is 12.4. The van der Waals surface area contributed by atoms with Crippen molar-refractivity contribution in [1.29, 1.82) is 0 Å². The molecule has 2 heterocycles. The number of nitrogens with zero attached hydrogens (tertiary/aromatic N) is 2. The lowest BCUT2D eigenvalue weighted by molar-refractivity contribution is -0.0217. The molecule has 0 spiro atoms. The zero-order chi connectivity index (χ0) is 24.7. The number of aromatic carboxylic acids is 1. The van der Waals surface area contributed by atoms with Gasteiger partial charge in [-0.25, -0.2) is 9.80 Å². The maximum Gasteiger partial charge on any atom is 0.340 e. The smallest absolute Gasteiger partial charge is 0.340 e. The van der Waals surface area contributed by atoms with Crippen LogP contribution < -0.4 is 18.9 Å². The molecule has 2 aliphatic heterocycles. The molecule has 180 valence electrons. The number of rotatable bonds is 6. The lowest BCUT2D eigenvalue weighted by Crippen LogP contribution is -2.35. The Bertz CT molecular complexity index is 1340. The van der Waals surface area contributed by atoms with Gasteiger partial charge in [0.2, 0.25) is 6.23 Å². The Balaban J connectivity index is 1.72. The van der Waals surface area contributed by atoms with Crippen LogP contribution >= 0.6 is 11.6 Å². The molecule has 9 heteroatoms. The average Bonchev–Trinajstić information content (AvgIpc) is 3.32. The van der Waals surface area contributed by atoms with E-state index in [4.69, 9.17) is 35.6 Å². The average molecular weight is 495 g/mol. The fourth-order valence-electron chi connectivity index (χ4n) is 4.68. The van der Waals surface area contributed by atoms with Gasteiger partial charge < -0.3 is 24.1 Å². The van der Waals surface area contributed by atoms with Gasteiger partial charge in [-0.3, -0.25) is 0 Å². The van der Waals surface area contributed by atoms with E-state index < -0.39 is 12.2 Å². The van der Waals surface area contributed by atoms with E-state index in [9.17, 15) is 9.90 Å². The van der Waals surface area contributed by atoms with Crippen LogP contribution in [0.1, 0.15) is 45.7 Å². The van der Waals surface area contributed by atoms with Crippen molar-refractivity contribution >= 4 is 23.3 Å². The minimum absolute atomic E-state index is 0.0599. The van der Waals surface area contributed by atoms with Gasteiger partial charge in [0.1, 0.15) is 5.56 Å². The van der Waals surface area contributed by atoms with Crippen LogP contribution in [0.15, 0.2) is 59.7 Å². The second-order valence-electron chi connectivity index (χ2n) is 8.05. The molecule has 3 aromatic carbocycles. The van der Waals surface area contributed by atoms with Gasteiger partial charge >= 0.3 is 5.97 Å². The number of fused-ring (bicyclic) bond motifs is 3. The van der Waals surface area contributed by atoms with Crippen molar-refractivity contribution < 1.29 is 28.8 Å². The van der Waals surface area contributed by atoms with Crippen LogP contribution in [0.2, 0.25) is 5.02 Å². The highest BCUT2D eigenvalue weighted by Crippen LogP contribution is 2.52. The second kappa shape index (κ2) is 9.03. The molecule has 35 heavy (non-hydrogen) atoms. The number of carbonyl (C=O) groups is 1. The monoisotopic (exact) mass is 494 g/mol. The molecule has 0 radical (unpaired) electrons. The minimum Gasteiger partial charge on any atom is -0.493 e. The lowest BCUT2D eigenvalue weighted by atomic mass is 9.94. The number of benzene rings is 3. The lowest BCUT2D eigenvalue weighted by Gasteiger charge is -2.39. The van der Waals surface area contributed by atoms with Crippen molar-refractivity contribution in [2.45, 2.75) is 18.7 Å². The van der Waals surface area contributed by atoms with Crippen molar-refractivity contribution in [1.82, 2.24) is 5.01 Å². The summed E-state index contributed by atoms with van der Waals surface area (Å²) in [6.07, 6.45) is -0.311. The molecule has 2 atom stereocenters. The van der Waals surface area contributed by atoms with Crippen molar-refractivity contribution in [3.63, 3.8) is 0 Å². The van der Waals surface area contributed by atoms with Crippen LogP contribution in [0.3, 0.4) is 0 Å². The maximum atomic E-state index is 12.4. The minimum atomic E-state index is -1.17. The van der Waals surface area contributed by atoms with Gasteiger partial charge in [0.25, 0.3) is 0 Å². The summed E-state index contributed by atoms with van der Waals surface area (Å²) in [6, 6.07) is 16.3. The largest absolute Gasteiger partial charge is 0.493 e. The van der Waals surface area contributed by atoms with E-state index in [1.54, 1.807) is 24.3 Å². The molecule has 2 aliphatic rings. The highest BCUT2D eigenvalue weighted by molar-refractivity contribution is 6.34. The van der Waals surface area contributed by atoms with Gasteiger partial charge in [0, 0.05) is 28.1 Å². The van der Waals surface area contributed by atoms with Gasteiger partial charge in [0.05, 0.1) is 33.1 Å². The van der Waals surface area contributed by atoms with E-state index in [1.807, 2.05) is 42.5 Å². The summed E-state index contributed by atoms with van der Waals surface area (Å²) in [5.41, 5.74) is 2.81. The van der Waals surface area contributed by atoms with E-state index in [1.165, 1.54) is 14.2 Å². The molecule has 0 saturated heterocycles. The van der Waals surface area contributed by atoms with Crippen LogP contribution in [0.25, 0.3) is 0 Å². The van der Waals surface area contributed by atoms with E-state index >= 15 is 0 Å². The van der Waals surface area contributed by atoms with Gasteiger partial charge in [-0.15, -0.1) is 0 Å². The molecule has 1 N–H and O–H groups in total. The number of halogens is 1. The summed E-state index contributed by atoms with van der Waals surface area (Å²) in [5.74, 6) is 0.341. The summed E-state index contributed by atoms with van der Waals surface area (Å²) < 4.78 is 22.8. The fourth-order valence-corrected chi connectivity index (χ4v) is 4.92. The molecule has 0 saturated carbocycles. The van der Waals surface area contributed by atoms with Crippen LogP contribution in [0.4, 0.5) is 0 Å². The molecule has 5 rings (SSSR count). The second-order valence-corrected chi connectivity index (χ2v) is 8.45. The Morgan fingerprint density at radius 1 is 1.00 bits per heavy atom. The summed E-state index contributed by atoms with van der Waals surface area (Å²) in [4.78, 5) is 12.4. The quantitative estimate of drug-likeness (QED) is 0.497. The third-order valence-corrected chi connectivity index (χ3v) is 6.57. The Hall–Kier alpha value is -3.91. The van der Waals surface area contributed by atoms with E-state index in [2.05, 4.69) is 0 Å². The summed E-state index contributed by atoms with van der Waals surface area (Å²) >= 11 is 6.48. The predicted molar refractivity (Wildman–Crippen MR) is 130 cm³/mol. The Kier molecular flexibility index (Phi) is 5.90. The molecule has 8 nitrogen and oxygen atoms in total. The van der Waals surface area contributed by atoms with Gasteiger partial charge in [0.15, 0.2) is 23.0 Å². The van der Waals surface area contributed by atoms with E-state index in [0.717, 1.165) is 16.8 Å². The zero-order valence-electron chi connectivity index (χ0n) is 19.3. The first-order valence-electron chi connectivity index (χ1n) is 10.9. The van der Waals surface area contributed by atoms with E-state index in [-0.39, 0.29) is 17.4 Å². The first-order chi connectivity index (χ1) is 17.0. The number of para-hydroxylation sites is 1. The van der Waals surface area contributed by atoms with Crippen LogP contribution in [0, 0.1) is 0 Å². The molecule has 0 aliphatic carbocycles. The third-order valence-electron chi connectivity index (χ3n) is 6.24. The fraction of sp³-hybridized carbons (Fsp3) is 0.231. The molecule has 0 amide bonds. The molecular formula is C26H23ClN2O6. The Morgan fingerprint density at radius 3 is 2.46 bits per heavy atom. The number of ether oxygens (including phenoxy) is 4. The Morgan fingerprint density at radius 2 is 1.77 bits per heavy atom. The number of methoxy groups -OCH3 is 3. The molecule has 2 unspecified atom stereocenters. The third kappa shape index (κ3) is 3.70. The first kappa shape index (κ1) is 22.9. The predicted octanol–water partition coefficient (Wildman–Crippen LogP) is 5.31. The van der Waals surface area contributed by atoms with Crippen LogP contribution in [-0.2, 0) is 0 Å². The number of carboxylic acid groups (broad SMARTS) is 1. The van der Waals surface area contributed by atoms with Gasteiger partial charge in [-0.1, -0.05) is 41.9 Å².